The molecular weight excluding hydrogens is 465 g/mol. The summed E-state index contributed by atoms with van der Waals surface area (Å²) < 4.78 is 6.06. The molecule has 2 aromatic rings. The minimum absolute atomic E-state index is 0. The Bertz CT molecular complexity index is 813. The average molecular weight is 495 g/mol. The van der Waals surface area contributed by atoms with Crippen LogP contribution < -0.4 is 10.6 Å². The van der Waals surface area contributed by atoms with Crippen LogP contribution in [0.15, 0.2) is 65.7 Å². The van der Waals surface area contributed by atoms with E-state index in [1.165, 1.54) is 16.3 Å². The molecule has 0 spiro atoms. The fraction of sp³-hybridized carbons (Fsp3) is 0.207. The Morgan fingerprint density at radius 1 is 0.758 bits per heavy atom. The van der Waals surface area contributed by atoms with Gasteiger partial charge in [-0.3, -0.25) is 0 Å². The second kappa shape index (κ2) is 12.5. The van der Waals surface area contributed by atoms with Crippen LogP contribution >= 0.6 is 7.92 Å². The molecule has 33 heavy (non-hydrogen) atoms. The summed E-state index contributed by atoms with van der Waals surface area (Å²) in [7, 11) is -0.649. The monoisotopic (exact) mass is 495 g/mol. The molecular formula is C29H30FeNOP+2. The number of hydrogen-bond donors (Lipinski definition) is 0. The number of ether oxygens (including phenoxy) is 1. The van der Waals surface area contributed by atoms with Crippen molar-refractivity contribution in [3.05, 3.63) is 124 Å². The fourth-order valence-corrected chi connectivity index (χ4v) is 6.09. The molecule has 2 fully saturated rings. The molecule has 2 nitrogen and oxygen atoms in total. The van der Waals surface area contributed by atoms with E-state index in [1.807, 2.05) is 32.1 Å². The van der Waals surface area contributed by atoms with Crippen LogP contribution in [0.4, 0.5) is 0 Å². The third-order valence-electron chi connectivity index (χ3n) is 5.50. The largest absolute Gasteiger partial charge is 2.00 e. The van der Waals surface area contributed by atoms with E-state index >= 15 is 0 Å². The predicted molar refractivity (Wildman–Crippen MR) is 137 cm³/mol. The summed E-state index contributed by atoms with van der Waals surface area (Å²) in [6, 6.07) is 21.7. The van der Waals surface area contributed by atoms with Gasteiger partial charge in [-0.2, -0.15) is 0 Å². The van der Waals surface area contributed by atoms with Crippen LogP contribution in [-0.4, -0.2) is 18.5 Å². The third-order valence-corrected chi connectivity index (χ3v) is 8.00. The molecule has 0 bridgehead atoms. The number of hydrogen-bond acceptors (Lipinski definition) is 2. The molecule has 3 aliphatic rings. The number of aliphatic imine (C=N–C) groups is 1. The Morgan fingerprint density at radius 2 is 1.27 bits per heavy atom. The Balaban J connectivity index is 0.000000453. The predicted octanol–water partition coefficient (Wildman–Crippen LogP) is 5.71. The first-order valence-electron chi connectivity index (χ1n) is 11.1. The molecule has 10 radical (unpaired) electrons. The SMILES string of the molecule is CC(C)(C)[C@@H]1COC([C]2[CH][CH][CH][C]2P(c2ccccc2)c2ccccc2)=N1.[CH]1[CH][CH][CH][CH]1.[Fe+2]. The topological polar surface area (TPSA) is 21.6 Å². The van der Waals surface area contributed by atoms with Gasteiger partial charge >= 0.3 is 17.1 Å². The molecule has 168 valence electrons. The van der Waals surface area contributed by atoms with Gasteiger partial charge in [-0.15, -0.1) is 0 Å². The maximum Gasteiger partial charge on any atom is 2.00 e. The maximum atomic E-state index is 6.06. The van der Waals surface area contributed by atoms with Gasteiger partial charge in [-0.25, -0.2) is 4.99 Å². The van der Waals surface area contributed by atoms with Crippen molar-refractivity contribution >= 4 is 24.4 Å². The smallest absolute Gasteiger partial charge is 0.478 e. The van der Waals surface area contributed by atoms with Crippen LogP contribution in [-0.2, 0) is 21.8 Å². The van der Waals surface area contributed by atoms with E-state index in [1.54, 1.807) is 0 Å². The summed E-state index contributed by atoms with van der Waals surface area (Å²) in [5.41, 5.74) is 1.42. The molecule has 1 heterocycles. The van der Waals surface area contributed by atoms with Gasteiger partial charge in [0.15, 0.2) is 5.90 Å². The van der Waals surface area contributed by atoms with Crippen LogP contribution in [0.3, 0.4) is 0 Å². The zero-order chi connectivity index (χ0) is 22.4. The minimum atomic E-state index is -0.649. The summed E-state index contributed by atoms with van der Waals surface area (Å²) >= 11 is 0. The van der Waals surface area contributed by atoms with Crippen molar-refractivity contribution in [3.8, 4) is 0 Å². The van der Waals surface area contributed by atoms with Crippen LogP contribution in [0.1, 0.15) is 20.8 Å². The molecule has 5 rings (SSSR count). The minimum Gasteiger partial charge on any atom is -0.478 e. The van der Waals surface area contributed by atoms with Gasteiger partial charge in [0.1, 0.15) is 6.61 Å². The second-order valence-corrected chi connectivity index (χ2v) is 11.1. The van der Waals surface area contributed by atoms with Gasteiger partial charge < -0.3 is 4.74 Å². The Hall–Kier alpha value is -1.14. The molecule has 2 aliphatic carbocycles. The van der Waals surface area contributed by atoms with Gasteiger partial charge in [-0.05, 0) is 75.3 Å². The average Bonchev–Trinajstić information content (AvgIpc) is 3.58. The fourth-order valence-electron chi connectivity index (χ4n) is 3.65. The number of benzene rings is 2. The molecule has 0 unspecified atom stereocenters. The Morgan fingerprint density at radius 3 is 1.73 bits per heavy atom. The van der Waals surface area contributed by atoms with E-state index < -0.39 is 7.92 Å². The van der Waals surface area contributed by atoms with Gasteiger partial charge in [0.2, 0.25) is 0 Å². The molecule has 0 amide bonds. The summed E-state index contributed by atoms with van der Waals surface area (Å²) in [5, 5.41) is 2.69. The first-order chi connectivity index (χ1) is 15.5. The van der Waals surface area contributed by atoms with Crippen molar-refractivity contribution < 1.29 is 21.8 Å². The Kier molecular flexibility index (Phi) is 10.0. The van der Waals surface area contributed by atoms with E-state index in [2.05, 4.69) is 101 Å². The molecule has 0 N–H and O–H groups in total. The van der Waals surface area contributed by atoms with E-state index in [0.717, 1.165) is 11.8 Å². The quantitative estimate of drug-likeness (QED) is 0.393. The van der Waals surface area contributed by atoms with Crippen molar-refractivity contribution in [1.82, 2.24) is 0 Å². The van der Waals surface area contributed by atoms with Crippen molar-refractivity contribution in [3.63, 3.8) is 0 Å². The normalized spacial score (nSPS) is 21.2. The van der Waals surface area contributed by atoms with E-state index in [0.29, 0.717) is 6.61 Å². The third kappa shape index (κ3) is 6.94. The summed E-state index contributed by atoms with van der Waals surface area (Å²) in [5.74, 6) is 1.94. The van der Waals surface area contributed by atoms with Crippen LogP contribution in [0, 0.1) is 68.4 Å². The molecule has 0 aromatic heterocycles. The zero-order valence-corrected chi connectivity index (χ0v) is 21.3. The molecule has 2 saturated carbocycles. The second-order valence-electron chi connectivity index (χ2n) is 8.92. The van der Waals surface area contributed by atoms with Gasteiger partial charge in [0.05, 0.1) is 12.0 Å². The van der Waals surface area contributed by atoms with Crippen LogP contribution in [0.25, 0.3) is 0 Å². The Labute approximate surface area is 213 Å². The first-order valence-corrected chi connectivity index (χ1v) is 12.4. The van der Waals surface area contributed by atoms with E-state index in [9.17, 15) is 0 Å². The standard InChI is InChI=1S/C24H25NOP.C5H5.Fe/c1-24(2,3)22-17-26-23(25-22)20-15-10-16-21(20)27(18-11-6-4-7-12-18)19-13-8-5-9-14-19;1-2-4-5-3-1;/h4-16,22H,17H2,1-3H3;1-5H;/q;;+2/t22-;;/m0../s1. The number of rotatable bonds is 4. The van der Waals surface area contributed by atoms with Gasteiger partial charge in [0.25, 0.3) is 0 Å². The summed E-state index contributed by atoms with van der Waals surface area (Å²) in [6.07, 6.45) is 16.5. The van der Waals surface area contributed by atoms with E-state index in [-0.39, 0.29) is 28.5 Å². The van der Waals surface area contributed by atoms with Crippen molar-refractivity contribution in [1.29, 1.82) is 0 Å². The van der Waals surface area contributed by atoms with E-state index in [4.69, 9.17) is 9.73 Å². The molecule has 1 atom stereocenters. The van der Waals surface area contributed by atoms with Crippen molar-refractivity contribution in [2.45, 2.75) is 26.8 Å². The maximum absolute atomic E-state index is 6.06. The summed E-state index contributed by atoms with van der Waals surface area (Å²) in [4.78, 5) is 4.94. The van der Waals surface area contributed by atoms with Crippen molar-refractivity contribution in [2.24, 2.45) is 10.4 Å². The summed E-state index contributed by atoms with van der Waals surface area (Å²) in [6.45, 7) is 7.33. The van der Waals surface area contributed by atoms with Crippen LogP contribution in [0.2, 0.25) is 0 Å². The molecule has 0 saturated heterocycles. The van der Waals surface area contributed by atoms with Crippen LogP contribution in [0.5, 0.6) is 0 Å². The molecule has 2 aromatic carbocycles. The number of nitrogens with zero attached hydrogens (tertiary/aromatic N) is 1. The van der Waals surface area contributed by atoms with Gasteiger partial charge in [0, 0.05) is 5.66 Å². The van der Waals surface area contributed by atoms with Crippen molar-refractivity contribution in [2.75, 3.05) is 6.61 Å². The molecule has 1 aliphatic heterocycles. The zero-order valence-electron chi connectivity index (χ0n) is 19.3. The van der Waals surface area contributed by atoms with Gasteiger partial charge in [-0.1, -0.05) is 81.4 Å². The first kappa shape index (κ1) is 26.5. The molecule has 4 heteroatoms.